The van der Waals surface area contributed by atoms with Gasteiger partial charge in [0.2, 0.25) is 5.78 Å². The first-order valence-corrected chi connectivity index (χ1v) is 7.49. The predicted molar refractivity (Wildman–Crippen MR) is 87.0 cm³/mol. The Labute approximate surface area is 135 Å². The lowest BCUT2D eigenvalue weighted by Crippen LogP contribution is -2.15. The number of aromatic hydroxyl groups is 1. The Morgan fingerprint density at radius 1 is 1.22 bits per heavy atom. The van der Waals surface area contributed by atoms with Crippen molar-refractivity contribution in [3.63, 3.8) is 0 Å². The molecule has 1 aromatic heterocycles. The number of phenolic OH excluding ortho intramolecular Hbond substituents is 1. The van der Waals surface area contributed by atoms with E-state index in [1.54, 1.807) is 6.07 Å². The SMILES string of the molecule is Cc1cc(C(=O)COC(=O)c2cccc(O)c2)c(C)n1C(C)C. The van der Waals surface area contributed by atoms with Crippen molar-refractivity contribution in [3.8, 4) is 5.75 Å². The summed E-state index contributed by atoms with van der Waals surface area (Å²) in [4.78, 5) is 24.2. The van der Waals surface area contributed by atoms with E-state index in [4.69, 9.17) is 4.74 Å². The van der Waals surface area contributed by atoms with Gasteiger partial charge in [-0.3, -0.25) is 4.79 Å². The second-order valence-electron chi connectivity index (χ2n) is 5.80. The highest BCUT2D eigenvalue weighted by Crippen LogP contribution is 2.21. The molecule has 5 nitrogen and oxygen atoms in total. The largest absolute Gasteiger partial charge is 0.508 e. The summed E-state index contributed by atoms with van der Waals surface area (Å²) in [5.41, 5.74) is 2.65. The minimum absolute atomic E-state index is 0.0220. The first-order valence-electron chi connectivity index (χ1n) is 7.49. The van der Waals surface area contributed by atoms with Crippen LogP contribution in [0.15, 0.2) is 30.3 Å². The molecule has 5 heteroatoms. The van der Waals surface area contributed by atoms with Gasteiger partial charge in [-0.25, -0.2) is 4.79 Å². The lowest BCUT2D eigenvalue weighted by molar-refractivity contribution is 0.0474. The zero-order valence-corrected chi connectivity index (χ0v) is 13.8. The summed E-state index contributed by atoms with van der Waals surface area (Å²) in [6.07, 6.45) is 0. The Morgan fingerprint density at radius 2 is 1.91 bits per heavy atom. The summed E-state index contributed by atoms with van der Waals surface area (Å²) in [7, 11) is 0. The van der Waals surface area contributed by atoms with Crippen LogP contribution in [-0.2, 0) is 4.74 Å². The average Bonchev–Trinajstić information content (AvgIpc) is 2.79. The monoisotopic (exact) mass is 315 g/mol. The van der Waals surface area contributed by atoms with Crippen molar-refractivity contribution in [1.82, 2.24) is 4.57 Å². The molecule has 0 spiro atoms. The van der Waals surface area contributed by atoms with Crippen LogP contribution in [0.4, 0.5) is 0 Å². The molecule has 0 bridgehead atoms. The fourth-order valence-electron chi connectivity index (χ4n) is 2.78. The van der Waals surface area contributed by atoms with E-state index < -0.39 is 5.97 Å². The zero-order valence-electron chi connectivity index (χ0n) is 13.8. The van der Waals surface area contributed by atoms with E-state index in [0.29, 0.717) is 5.56 Å². The van der Waals surface area contributed by atoms with Crippen LogP contribution in [-0.4, -0.2) is 28.0 Å². The fraction of sp³-hybridized carbons (Fsp3) is 0.333. The maximum Gasteiger partial charge on any atom is 0.338 e. The van der Waals surface area contributed by atoms with Crippen molar-refractivity contribution >= 4 is 11.8 Å². The Hall–Kier alpha value is -2.56. The number of ketones is 1. The molecular formula is C18H21NO4. The molecule has 1 N–H and O–H groups in total. The van der Waals surface area contributed by atoms with Gasteiger partial charge in [0.25, 0.3) is 0 Å². The number of hydrogen-bond acceptors (Lipinski definition) is 4. The van der Waals surface area contributed by atoms with Gasteiger partial charge in [0, 0.05) is 23.0 Å². The van der Waals surface area contributed by atoms with E-state index in [-0.39, 0.29) is 29.7 Å². The molecule has 0 unspecified atom stereocenters. The van der Waals surface area contributed by atoms with Gasteiger partial charge in [0.15, 0.2) is 6.61 Å². The van der Waals surface area contributed by atoms with Crippen molar-refractivity contribution < 1.29 is 19.4 Å². The van der Waals surface area contributed by atoms with Gasteiger partial charge in [-0.05, 0) is 52.0 Å². The van der Waals surface area contributed by atoms with Crippen LogP contribution in [0.25, 0.3) is 0 Å². The Morgan fingerprint density at radius 3 is 2.48 bits per heavy atom. The number of phenols is 1. The summed E-state index contributed by atoms with van der Waals surface area (Å²) >= 11 is 0. The Balaban J connectivity index is 2.08. The van der Waals surface area contributed by atoms with E-state index in [1.165, 1.54) is 18.2 Å². The minimum Gasteiger partial charge on any atom is -0.508 e. The van der Waals surface area contributed by atoms with Gasteiger partial charge in [-0.15, -0.1) is 0 Å². The van der Waals surface area contributed by atoms with Crippen LogP contribution in [0.2, 0.25) is 0 Å². The van der Waals surface area contributed by atoms with Gasteiger partial charge in [-0.2, -0.15) is 0 Å². The smallest absolute Gasteiger partial charge is 0.338 e. The quantitative estimate of drug-likeness (QED) is 0.678. The molecule has 0 aliphatic heterocycles. The van der Waals surface area contributed by atoms with Crippen LogP contribution in [0.3, 0.4) is 0 Å². The zero-order chi connectivity index (χ0) is 17.1. The molecule has 0 saturated heterocycles. The maximum atomic E-state index is 12.3. The van der Waals surface area contributed by atoms with Gasteiger partial charge in [0.05, 0.1) is 5.56 Å². The molecule has 0 aliphatic carbocycles. The molecule has 0 radical (unpaired) electrons. The Bertz CT molecular complexity index is 743. The standard InChI is InChI=1S/C18H21NO4/c1-11(2)19-12(3)8-16(13(19)4)17(21)10-23-18(22)14-6-5-7-15(20)9-14/h5-9,11,20H,10H2,1-4H3. The summed E-state index contributed by atoms with van der Waals surface area (Å²) in [5.74, 6) is -0.892. The average molecular weight is 315 g/mol. The number of esters is 1. The molecule has 2 aromatic rings. The minimum atomic E-state index is -0.632. The molecule has 0 fully saturated rings. The number of carbonyl (C=O) groups excluding carboxylic acids is 2. The molecule has 0 saturated carbocycles. The van der Waals surface area contributed by atoms with E-state index in [0.717, 1.165) is 11.4 Å². The summed E-state index contributed by atoms with van der Waals surface area (Å²) < 4.78 is 7.13. The van der Waals surface area contributed by atoms with E-state index in [9.17, 15) is 14.7 Å². The third-order valence-electron chi connectivity index (χ3n) is 3.72. The van der Waals surface area contributed by atoms with Crippen molar-refractivity contribution in [2.75, 3.05) is 6.61 Å². The first kappa shape index (κ1) is 16.8. The van der Waals surface area contributed by atoms with Gasteiger partial charge in [0.1, 0.15) is 5.75 Å². The Kier molecular flexibility index (Phi) is 4.89. The lowest BCUT2D eigenvalue weighted by atomic mass is 10.1. The summed E-state index contributed by atoms with van der Waals surface area (Å²) in [5, 5.41) is 9.36. The second kappa shape index (κ2) is 6.69. The lowest BCUT2D eigenvalue weighted by Gasteiger charge is -2.13. The van der Waals surface area contributed by atoms with Crippen LogP contribution < -0.4 is 0 Å². The van der Waals surface area contributed by atoms with E-state index >= 15 is 0 Å². The number of benzene rings is 1. The van der Waals surface area contributed by atoms with Gasteiger partial charge < -0.3 is 14.4 Å². The fourth-order valence-corrected chi connectivity index (χ4v) is 2.78. The molecule has 1 aromatic carbocycles. The third-order valence-corrected chi connectivity index (χ3v) is 3.72. The summed E-state index contributed by atoms with van der Waals surface area (Å²) in [6, 6.07) is 7.91. The number of Topliss-reactive ketones (excluding diaryl/α,β-unsaturated/α-hetero) is 1. The van der Waals surface area contributed by atoms with Crippen molar-refractivity contribution in [2.45, 2.75) is 33.7 Å². The van der Waals surface area contributed by atoms with Crippen LogP contribution in [0.1, 0.15) is 52.0 Å². The number of hydrogen-bond donors (Lipinski definition) is 1. The van der Waals surface area contributed by atoms with Crippen molar-refractivity contribution in [2.24, 2.45) is 0 Å². The highest BCUT2D eigenvalue weighted by atomic mass is 16.5. The number of ether oxygens (including phenoxy) is 1. The van der Waals surface area contributed by atoms with Crippen LogP contribution in [0, 0.1) is 13.8 Å². The topological polar surface area (TPSA) is 68.5 Å². The number of aryl methyl sites for hydroxylation is 1. The van der Waals surface area contributed by atoms with Gasteiger partial charge in [-0.1, -0.05) is 6.07 Å². The second-order valence-corrected chi connectivity index (χ2v) is 5.80. The van der Waals surface area contributed by atoms with E-state index in [2.05, 4.69) is 18.4 Å². The first-order chi connectivity index (χ1) is 10.8. The molecule has 0 atom stereocenters. The highest BCUT2D eigenvalue weighted by molar-refractivity contribution is 6.00. The van der Waals surface area contributed by atoms with Gasteiger partial charge >= 0.3 is 5.97 Å². The maximum absolute atomic E-state index is 12.3. The summed E-state index contributed by atoms with van der Waals surface area (Å²) in [6.45, 7) is 7.61. The predicted octanol–water partition coefficient (Wildman–Crippen LogP) is 3.43. The van der Waals surface area contributed by atoms with Crippen molar-refractivity contribution in [1.29, 1.82) is 0 Å². The number of rotatable bonds is 5. The molecule has 0 amide bonds. The van der Waals surface area contributed by atoms with Crippen LogP contribution >= 0.6 is 0 Å². The molecule has 2 rings (SSSR count). The number of carbonyl (C=O) groups is 2. The normalized spacial score (nSPS) is 10.8. The van der Waals surface area contributed by atoms with Crippen molar-refractivity contribution in [3.05, 3.63) is 52.8 Å². The molecule has 0 aliphatic rings. The molecular weight excluding hydrogens is 294 g/mol. The molecule has 122 valence electrons. The molecule has 23 heavy (non-hydrogen) atoms. The third kappa shape index (κ3) is 3.62. The molecule has 1 heterocycles. The van der Waals surface area contributed by atoms with E-state index in [1.807, 2.05) is 19.9 Å². The van der Waals surface area contributed by atoms with Crippen LogP contribution in [0.5, 0.6) is 5.75 Å². The number of nitrogens with zero attached hydrogens (tertiary/aromatic N) is 1. The highest BCUT2D eigenvalue weighted by Gasteiger charge is 2.19. The number of aromatic nitrogens is 1.